The number of ketones is 1. The number of hydrogen-bond donors (Lipinski definition) is 1. The lowest BCUT2D eigenvalue weighted by Gasteiger charge is -2.13. The van der Waals surface area contributed by atoms with Gasteiger partial charge in [0.25, 0.3) is 5.91 Å². The van der Waals surface area contributed by atoms with Crippen molar-refractivity contribution in [3.05, 3.63) is 65.1 Å². The maximum atomic E-state index is 15.0. The Bertz CT molecular complexity index is 1190. The summed E-state index contributed by atoms with van der Waals surface area (Å²) < 4.78 is 20.4. The topological polar surface area (TPSA) is 68.3 Å². The van der Waals surface area contributed by atoms with Crippen LogP contribution in [0.5, 0.6) is 0 Å². The van der Waals surface area contributed by atoms with Crippen LogP contribution in [0.2, 0.25) is 0 Å². The number of Topliss-reactive ketones (excluding diaryl/α,β-unsaturated/α-hetero) is 1. The molecule has 5 nitrogen and oxygen atoms in total. The van der Waals surface area contributed by atoms with E-state index in [4.69, 9.17) is 4.74 Å². The molecule has 3 aromatic rings. The SMILES string of the molecule is CCCOCCNC(=O)c1ccc(-c2cc3c(CC)c(C(=O)CC4CC4)cnc3cc2F)cc1. The lowest BCUT2D eigenvalue weighted by Crippen LogP contribution is -2.27. The van der Waals surface area contributed by atoms with E-state index in [1.54, 1.807) is 36.5 Å². The Labute approximate surface area is 199 Å². The zero-order chi connectivity index (χ0) is 24.1. The quantitative estimate of drug-likeness (QED) is 0.291. The fourth-order valence-electron chi connectivity index (χ4n) is 4.19. The third kappa shape index (κ3) is 5.50. The summed E-state index contributed by atoms with van der Waals surface area (Å²) in [5, 5.41) is 3.62. The van der Waals surface area contributed by atoms with Gasteiger partial charge in [-0.1, -0.05) is 26.0 Å². The van der Waals surface area contributed by atoms with E-state index in [0.717, 1.165) is 30.2 Å². The lowest BCUT2D eigenvalue weighted by molar-refractivity contribution is 0.0914. The number of halogens is 1. The fourth-order valence-corrected chi connectivity index (χ4v) is 4.19. The molecule has 1 fully saturated rings. The fraction of sp³-hybridized carbons (Fsp3) is 0.393. The van der Waals surface area contributed by atoms with Gasteiger partial charge in [0.2, 0.25) is 0 Å². The lowest BCUT2D eigenvalue weighted by atomic mass is 9.93. The predicted octanol–water partition coefficient (Wildman–Crippen LogP) is 5.74. The third-order valence-electron chi connectivity index (χ3n) is 6.23. The van der Waals surface area contributed by atoms with Gasteiger partial charge in [0.1, 0.15) is 5.82 Å². The minimum atomic E-state index is -0.385. The molecule has 1 aliphatic rings. The summed E-state index contributed by atoms with van der Waals surface area (Å²) in [5.41, 5.74) is 3.70. The molecule has 0 radical (unpaired) electrons. The molecule has 2 aromatic carbocycles. The van der Waals surface area contributed by atoms with Gasteiger partial charge in [-0.3, -0.25) is 14.6 Å². The molecule has 0 saturated heterocycles. The van der Waals surface area contributed by atoms with Crippen molar-refractivity contribution in [2.45, 2.75) is 46.0 Å². The monoisotopic (exact) mass is 462 g/mol. The molecule has 0 atom stereocenters. The molecule has 1 heterocycles. The van der Waals surface area contributed by atoms with Crippen molar-refractivity contribution >= 4 is 22.6 Å². The number of fused-ring (bicyclic) bond motifs is 1. The molecule has 1 saturated carbocycles. The largest absolute Gasteiger partial charge is 0.380 e. The molecule has 178 valence electrons. The van der Waals surface area contributed by atoms with Crippen LogP contribution in [0.4, 0.5) is 4.39 Å². The van der Waals surface area contributed by atoms with Gasteiger partial charge < -0.3 is 10.1 Å². The van der Waals surface area contributed by atoms with Crippen molar-refractivity contribution < 1.29 is 18.7 Å². The summed E-state index contributed by atoms with van der Waals surface area (Å²) in [6.07, 6.45) is 5.99. The highest BCUT2D eigenvalue weighted by Crippen LogP contribution is 2.35. The maximum absolute atomic E-state index is 15.0. The molecule has 0 spiro atoms. The maximum Gasteiger partial charge on any atom is 0.251 e. The second kappa shape index (κ2) is 10.9. The number of aromatic nitrogens is 1. The molecular formula is C28H31FN2O3. The van der Waals surface area contributed by atoms with Crippen molar-refractivity contribution in [2.75, 3.05) is 19.8 Å². The number of pyridine rings is 1. The molecule has 4 rings (SSSR count). The van der Waals surface area contributed by atoms with E-state index >= 15 is 4.39 Å². The number of carbonyl (C=O) groups excluding carboxylic acids is 2. The Hall–Kier alpha value is -3.12. The zero-order valence-electron chi connectivity index (χ0n) is 19.8. The summed E-state index contributed by atoms with van der Waals surface area (Å²) >= 11 is 0. The number of hydrogen-bond acceptors (Lipinski definition) is 4. The molecule has 1 aromatic heterocycles. The summed E-state index contributed by atoms with van der Waals surface area (Å²) in [7, 11) is 0. The van der Waals surface area contributed by atoms with E-state index in [2.05, 4.69) is 10.3 Å². The van der Waals surface area contributed by atoms with E-state index < -0.39 is 0 Å². The number of rotatable bonds is 11. The van der Waals surface area contributed by atoms with E-state index in [1.807, 2.05) is 13.8 Å². The summed E-state index contributed by atoms with van der Waals surface area (Å²) in [5.74, 6) is 0.0395. The van der Waals surface area contributed by atoms with Crippen LogP contribution in [0.15, 0.2) is 42.6 Å². The average molecular weight is 463 g/mol. The molecule has 0 unspecified atom stereocenters. The van der Waals surface area contributed by atoms with E-state index in [0.29, 0.717) is 66.3 Å². The van der Waals surface area contributed by atoms with E-state index in [9.17, 15) is 9.59 Å². The summed E-state index contributed by atoms with van der Waals surface area (Å²) in [6, 6.07) is 10.1. The van der Waals surface area contributed by atoms with E-state index in [-0.39, 0.29) is 17.5 Å². The third-order valence-corrected chi connectivity index (χ3v) is 6.23. The summed E-state index contributed by atoms with van der Waals surface area (Å²) in [6.45, 7) is 5.62. The molecule has 34 heavy (non-hydrogen) atoms. The van der Waals surface area contributed by atoms with Crippen LogP contribution < -0.4 is 5.32 Å². The van der Waals surface area contributed by atoms with Gasteiger partial charge in [-0.25, -0.2) is 4.39 Å². The van der Waals surface area contributed by atoms with Crippen LogP contribution in [0.25, 0.3) is 22.0 Å². The van der Waals surface area contributed by atoms with Gasteiger partial charge >= 0.3 is 0 Å². The highest BCUT2D eigenvalue weighted by molar-refractivity contribution is 6.02. The molecule has 0 aliphatic heterocycles. The molecule has 1 N–H and O–H groups in total. The van der Waals surface area contributed by atoms with Crippen molar-refractivity contribution in [2.24, 2.45) is 5.92 Å². The van der Waals surface area contributed by atoms with Crippen LogP contribution in [0, 0.1) is 11.7 Å². The highest BCUT2D eigenvalue weighted by Gasteiger charge is 2.26. The van der Waals surface area contributed by atoms with Crippen molar-refractivity contribution in [3.8, 4) is 11.1 Å². The molecular weight excluding hydrogens is 431 g/mol. The van der Waals surface area contributed by atoms with Crippen molar-refractivity contribution in [3.63, 3.8) is 0 Å². The smallest absolute Gasteiger partial charge is 0.251 e. The standard InChI is InChI=1S/C28H31FN2O3/c1-3-12-34-13-11-30-28(33)20-9-7-19(8-10-20)22-15-23-21(4-2)24(27(32)14-18-5-6-18)17-31-26(23)16-25(22)29/h7-10,15-18H,3-6,11-14H2,1-2H3,(H,30,33). The molecule has 0 bridgehead atoms. The Morgan fingerprint density at radius 3 is 2.56 bits per heavy atom. The van der Waals surface area contributed by atoms with Gasteiger partial charge in [0, 0.05) is 53.9 Å². The highest BCUT2D eigenvalue weighted by atomic mass is 19.1. The number of carbonyl (C=O) groups is 2. The Morgan fingerprint density at radius 2 is 1.88 bits per heavy atom. The van der Waals surface area contributed by atoms with Gasteiger partial charge in [-0.2, -0.15) is 0 Å². The van der Waals surface area contributed by atoms with Gasteiger partial charge in [-0.15, -0.1) is 0 Å². The second-order valence-electron chi connectivity index (χ2n) is 8.87. The first-order valence-electron chi connectivity index (χ1n) is 12.1. The molecule has 6 heteroatoms. The molecule has 1 aliphatic carbocycles. The Kier molecular flexibility index (Phi) is 7.68. The van der Waals surface area contributed by atoms with Crippen molar-refractivity contribution in [1.82, 2.24) is 10.3 Å². The summed E-state index contributed by atoms with van der Waals surface area (Å²) in [4.78, 5) is 29.6. The van der Waals surface area contributed by atoms with Crippen LogP contribution in [-0.4, -0.2) is 36.4 Å². The Morgan fingerprint density at radius 1 is 1.12 bits per heavy atom. The van der Waals surface area contributed by atoms with E-state index in [1.165, 1.54) is 6.07 Å². The number of benzene rings is 2. The van der Waals surface area contributed by atoms with Gasteiger partial charge in [0.05, 0.1) is 12.1 Å². The normalized spacial score (nSPS) is 13.3. The molecule has 1 amide bonds. The van der Waals surface area contributed by atoms with Crippen LogP contribution in [0.1, 0.15) is 65.8 Å². The first-order valence-corrected chi connectivity index (χ1v) is 12.1. The average Bonchev–Trinajstić information content (AvgIpc) is 3.66. The minimum Gasteiger partial charge on any atom is -0.380 e. The van der Waals surface area contributed by atoms with Crippen molar-refractivity contribution in [1.29, 1.82) is 0 Å². The minimum absolute atomic E-state index is 0.120. The number of ether oxygens (including phenoxy) is 1. The Balaban J connectivity index is 1.57. The number of nitrogens with zero attached hydrogens (tertiary/aromatic N) is 1. The zero-order valence-corrected chi connectivity index (χ0v) is 19.8. The van der Waals surface area contributed by atoms with Crippen LogP contribution >= 0.6 is 0 Å². The van der Waals surface area contributed by atoms with Crippen LogP contribution in [-0.2, 0) is 11.2 Å². The second-order valence-corrected chi connectivity index (χ2v) is 8.87. The van der Waals surface area contributed by atoms with Gasteiger partial charge in [-0.05, 0) is 60.9 Å². The number of nitrogens with one attached hydrogen (secondary N) is 1. The number of aryl methyl sites for hydroxylation is 1. The first kappa shape index (κ1) is 24.0. The number of amides is 1. The first-order chi connectivity index (χ1) is 16.5. The van der Waals surface area contributed by atoms with Gasteiger partial charge in [0.15, 0.2) is 5.78 Å². The predicted molar refractivity (Wildman–Crippen MR) is 132 cm³/mol. The van der Waals surface area contributed by atoms with Crippen LogP contribution in [0.3, 0.4) is 0 Å².